The molecule has 0 saturated carbocycles. The van der Waals surface area contributed by atoms with Crippen molar-refractivity contribution in [1.29, 1.82) is 0 Å². The van der Waals surface area contributed by atoms with E-state index in [0.29, 0.717) is 16.4 Å². The van der Waals surface area contributed by atoms with Gasteiger partial charge in [0.1, 0.15) is 6.04 Å². The van der Waals surface area contributed by atoms with Crippen LogP contribution in [0.2, 0.25) is 5.02 Å². The molecule has 1 heterocycles. The summed E-state index contributed by atoms with van der Waals surface area (Å²) in [6.07, 6.45) is 3.47. The largest absolute Gasteiger partial charge is 0.372 e. The lowest BCUT2D eigenvalue weighted by Crippen LogP contribution is -2.45. The van der Waals surface area contributed by atoms with Crippen molar-refractivity contribution in [3.05, 3.63) is 53.6 Å². The minimum Gasteiger partial charge on any atom is -0.372 e. The first-order valence-electron chi connectivity index (χ1n) is 9.16. The summed E-state index contributed by atoms with van der Waals surface area (Å²) in [5.74, 6) is -0.408. The van der Waals surface area contributed by atoms with Crippen LogP contribution in [0.1, 0.15) is 19.8 Å². The van der Waals surface area contributed by atoms with Gasteiger partial charge < -0.3 is 10.2 Å². The number of nitrogens with one attached hydrogen (secondary N) is 1. The van der Waals surface area contributed by atoms with E-state index >= 15 is 0 Å². The first-order valence-corrected chi connectivity index (χ1v) is 11.4. The summed E-state index contributed by atoms with van der Waals surface area (Å²) in [5, 5.41) is 3.30. The zero-order valence-electron chi connectivity index (χ0n) is 15.9. The maximum Gasteiger partial charge on any atom is 0.247 e. The molecule has 1 atom stereocenters. The van der Waals surface area contributed by atoms with Crippen LogP contribution in [0, 0.1) is 0 Å². The van der Waals surface area contributed by atoms with E-state index in [1.54, 1.807) is 31.2 Å². The van der Waals surface area contributed by atoms with Crippen LogP contribution in [0.25, 0.3) is 0 Å². The van der Waals surface area contributed by atoms with Crippen molar-refractivity contribution >= 4 is 44.6 Å². The van der Waals surface area contributed by atoms with Crippen molar-refractivity contribution < 1.29 is 13.2 Å². The molecule has 150 valence electrons. The number of rotatable bonds is 6. The van der Waals surface area contributed by atoms with E-state index < -0.39 is 22.0 Å². The minimum atomic E-state index is -3.66. The quantitative estimate of drug-likeness (QED) is 0.771. The molecule has 0 radical (unpaired) electrons. The number of hydrogen-bond acceptors (Lipinski definition) is 4. The molecule has 28 heavy (non-hydrogen) atoms. The van der Waals surface area contributed by atoms with E-state index in [2.05, 4.69) is 10.2 Å². The molecular weight excluding hydrogens is 398 g/mol. The molecule has 0 unspecified atom stereocenters. The smallest absolute Gasteiger partial charge is 0.247 e. The summed E-state index contributed by atoms with van der Waals surface area (Å²) in [6, 6.07) is 13.0. The average molecular weight is 422 g/mol. The number of sulfonamides is 1. The van der Waals surface area contributed by atoms with Gasteiger partial charge in [0, 0.05) is 29.5 Å². The molecule has 0 bridgehead atoms. The third-order valence-electron chi connectivity index (χ3n) is 4.78. The van der Waals surface area contributed by atoms with Gasteiger partial charge in [0.15, 0.2) is 0 Å². The Morgan fingerprint density at radius 1 is 1.07 bits per heavy atom. The van der Waals surface area contributed by atoms with Gasteiger partial charge in [0.2, 0.25) is 15.9 Å². The molecule has 1 N–H and O–H groups in total. The highest BCUT2D eigenvalue weighted by molar-refractivity contribution is 7.92. The first kappa shape index (κ1) is 20.5. The Bertz CT molecular complexity index is 924. The summed E-state index contributed by atoms with van der Waals surface area (Å²) < 4.78 is 25.7. The van der Waals surface area contributed by atoms with Crippen LogP contribution in [0.4, 0.5) is 17.1 Å². The van der Waals surface area contributed by atoms with Crippen LogP contribution in [-0.4, -0.2) is 39.7 Å². The SMILES string of the molecule is C[C@@H](C(=O)Nc1ccc(N2CCCC2)cc1)N(c1ccc(Cl)cc1)S(C)(=O)=O. The predicted octanol–water partition coefficient (Wildman–Crippen LogP) is 3.73. The van der Waals surface area contributed by atoms with Gasteiger partial charge in [-0.05, 0) is 68.3 Å². The summed E-state index contributed by atoms with van der Waals surface area (Å²) in [5.41, 5.74) is 2.14. The molecule has 1 saturated heterocycles. The van der Waals surface area contributed by atoms with E-state index in [1.807, 2.05) is 24.3 Å². The highest BCUT2D eigenvalue weighted by Crippen LogP contribution is 2.25. The monoisotopic (exact) mass is 421 g/mol. The summed E-state index contributed by atoms with van der Waals surface area (Å²) >= 11 is 5.89. The number of nitrogens with zero attached hydrogens (tertiary/aromatic N) is 2. The molecule has 1 fully saturated rings. The van der Waals surface area contributed by atoms with E-state index in [0.717, 1.165) is 29.3 Å². The Labute approximate surface area is 171 Å². The van der Waals surface area contributed by atoms with Crippen molar-refractivity contribution in [2.75, 3.05) is 33.9 Å². The molecule has 0 aromatic heterocycles. The number of carbonyl (C=O) groups excluding carboxylic acids is 1. The summed E-state index contributed by atoms with van der Waals surface area (Å²) in [7, 11) is -3.66. The van der Waals surface area contributed by atoms with E-state index in [4.69, 9.17) is 11.6 Å². The fourth-order valence-corrected chi connectivity index (χ4v) is 4.68. The second-order valence-electron chi connectivity index (χ2n) is 6.94. The van der Waals surface area contributed by atoms with Gasteiger partial charge >= 0.3 is 0 Å². The standard InChI is InChI=1S/C20H24ClN3O3S/c1-15(24(28(2,26)27)19-9-5-16(21)6-10-19)20(25)22-17-7-11-18(12-8-17)23-13-3-4-14-23/h5-12,15H,3-4,13-14H2,1-2H3,(H,22,25)/t15-/m0/s1. The van der Waals surface area contributed by atoms with Gasteiger partial charge in [-0.3, -0.25) is 9.10 Å². The average Bonchev–Trinajstić information content (AvgIpc) is 3.17. The summed E-state index contributed by atoms with van der Waals surface area (Å²) in [4.78, 5) is 15.0. The molecule has 6 nitrogen and oxygen atoms in total. The van der Waals surface area contributed by atoms with E-state index in [-0.39, 0.29) is 0 Å². The Morgan fingerprint density at radius 3 is 2.18 bits per heavy atom. The summed E-state index contributed by atoms with van der Waals surface area (Å²) in [6.45, 7) is 3.66. The molecule has 2 aromatic carbocycles. The van der Waals surface area contributed by atoms with Gasteiger partial charge in [0.25, 0.3) is 0 Å². The Morgan fingerprint density at radius 2 is 1.64 bits per heavy atom. The number of anilines is 3. The van der Waals surface area contributed by atoms with Crippen molar-refractivity contribution in [3.63, 3.8) is 0 Å². The fraction of sp³-hybridized carbons (Fsp3) is 0.350. The Kier molecular flexibility index (Phi) is 6.15. The number of carbonyl (C=O) groups is 1. The van der Waals surface area contributed by atoms with Crippen molar-refractivity contribution in [1.82, 2.24) is 0 Å². The molecule has 0 aliphatic carbocycles. The normalized spacial score (nSPS) is 15.3. The molecule has 0 spiro atoms. The highest BCUT2D eigenvalue weighted by Gasteiger charge is 2.29. The van der Waals surface area contributed by atoms with Crippen LogP contribution < -0.4 is 14.5 Å². The van der Waals surface area contributed by atoms with E-state index in [9.17, 15) is 13.2 Å². The Hall–Kier alpha value is -2.25. The molecule has 1 aliphatic rings. The van der Waals surface area contributed by atoms with Gasteiger partial charge in [-0.2, -0.15) is 0 Å². The van der Waals surface area contributed by atoms with Crippen LogP contribution in [0.15, 0.2) is 48.5 Å². The second kappa shape index (κ2) is 8.41. The molecule has 1 amide bonds. The van der Waals surface area contributed by atoms with Crippen molar-refractivity contribution in [3.8, 4) is 0 Å². The van der Waals surface area contributed by atoms with Crippen molar-refractivity contribution in [2.24, 2.45) is 0 Å². The van der Waals surface area contributed by atoms with Crippen LogP contribution >= 0.6 is 11.6 Å². The predicted molar refractivity (Wildman–Crippen MR) is 115 cm³/mol. The third kappa shape index (κ3) is 4.77. The number of amides is 1. The second-order valence-corrected chi connectivity index (χ2v) is 9.24. The zero-order chi connectivity index (χ0) is 20.3. The lowest BCUT2D eigenvalue weighted by atomic mass is 10.2. The first-order chi connectivity index (χ1) is 13.3. The number of benzene rings is 2. The number of hydrogen-bond donors (Lipinski definition) is 1. The third-order valence-corrected chi connectivity index (χ3v) is 6.27. The van der Waals surface area contributed by atoms with Crippen molar-refractivity contribution in [2.45, 2.75) is 25.8 Å². The molecule has 8 heteroatoms. The lowest BCUT2D eigenvalue weighted by molar-refractivity contribution is -0.116. The van der Waals surface area contributed by atoms with Gasteiger partial charge in [-0.15, -0.1) is 0 Å². The number of halogens is 1. The Balaban J connectivity index is 1.75. The van der Waals surface area contributed by atoms with Crippen LogP contribution in [-0.2, 0) is 14.8 Å². The van der Waals surface area contributed by atoms with Gasteiger partial charge in [-0.25, -0.2) is 8.42 Å². The zero-order valence-corrected chi connectivity index (χ0v) is 17.5. The maximum atomic E-state index is 12.7. The fourth-order valence-electron chi connectivity index (χ4n) is 3.37. The maximum absolute atomic E-state index is 12.7. The highest BCUT2D eigenvalue weighted by atomic mass is 35.5. The molecular formula is C20H24ClN3O3S. The minimum absolute atomic E-state index is 0.388. The molecule has 3 rings (SSSR count). The van der Waals surface area contributed by atoms with Gasteiger partial charge in [0.05, 0.1) is 11.9 Å². The van der Waals surface area contributed by atoms with Crippen LogP contribution in [0.5, 0.6) is 0 Å². The molecule has 2 aromatic rings. The van der Waals surface area contributed by atoms with E-state index in [1.165, 1.54) is 12.8 Å². The van der Waals surface area contributed by atoms with Gasteiger partial charge in [-0.1, -0.05) is 11.6 Å². The molecule has 1 aliphatic heterocycles. The topological polar surface area (TPSA) is 69.7 Å². The van der Waals surface area contributed by atoms with Crippen LogP contribution in [0.3, 0.4) is 0 Å². The lowest BCUT2D eigenvalue weighted by Gasteiger charge is -2.28.